The summed E-state index contributed by atoms with van der Waals surface area (Å²) in [6.07, 6.45) is 1.80. The van der Waals surface area contributed by atoms with Crippen LogP contribution in [0, 0.1) is 5.82 Å². The molecule has 4 heteroatoms. The van der Waals surface area contributed by atoms with Crippen LogP contribution in [0.4, 0.5) is 10.2 Å². The van der Waals surface area contributed by atoms with Crippen LogP contribution in [-0.4, -0.2) is 11.1 Å². The number of nitrogens with zero attached hydrogens (tertiary/aromatic N) is 1. The zero-order valence-electron chi connectivity index (χ0n) is 11.1. The monoisotopic (exact) mass is 260 g/mol. The third-order valence-electron chi connectivity index (χ3n) is 2.51. The summed E-state index contributed by atoms with van der Waals surface area (Å²) in [5.41, 5.74) is 0.988. The molecule has 0 bridgehead atoms. The van der Waals surface area contributed by atoms with Gasteiger partial charge in [0, 0.05) is 12.7 Å². The fourth-order valence-corrected chi connectivity index (χ4v) is 1.66. The summed E-state index contributed by atoms with van der Waals surface area (Å²) in [6, 6.07) is 10.1. The Labute approximate surface area is 112 Å². The summed E-state index contributed by atoms with van der Waals surface area (Å²) in [7, 11) is 0. The van der Waals surface area contributed by atoms with E-state index in [1.54, 1.807) is 18.3 Å². The van der Waals surface area contributed by atoms with Gasteiger partial charge in [-0.3, -0.25) is 0 Å². The molecule has 0 saturated carbocycles. The van der Waals surface area contributed by atoms with E-state index in [4.69, 9.17) is 4.74 Å². The van der Waals surface area contributed by atoms with E-state index < -0.39 is 0 Å². The van der Waals surface area contributed by atoms with E-state index in [1.165, 1.54) is 12.1 Å². The summed E-state index contributed by atoms with van der Waals surface area (Å²) in [4.78, 5) is 4.25. The smallest absolute Gasteiger partial charge is 0.169 e. The van der Waals surface area contributed by atoms with Gasteiger partial charge in [0.25, 0.3) is 0 Å². The molecule has 0 amide bonds. The van der Waals surface area contributed by atoms with Gasteiger partial charge in [-0.2, -0.15) is 0 Å². The van der Waals surface area contributed by atoms with Gasteiger partial charge in [0.05, 0.1) is 6.10 Å². The molecular weight excluding hydrogens is 243 g/mol. The van der Waals surface area contributed by atoms with E-state index in [0.29, 0.717) is 12.4 Å². The Balaban J connectivity index is 2.04. The lowest BCUT2D eigenvalue weighted by Crippen LogP contribution is -2.09. The van der Waals surface area contributed by atoms with Gasteiger partial charge >= 0.3 is 0 Å². The van der Waals surface area contributed by atoms with E-state index in [9.17, 15) is 4.39 Å². The second-order valence-electron chi connectivity index (χ2n) is 4.50. The lowest BCUT2D eigenvalue weighted by atomic mass is 10.2. The van der Waals surface area contributed by atoms with Crippen molar-refractivity contribution >= 4 is 5.82 Å². The number of hydrogen-bond donors (Lipinski definition) is 1. The molecule has 2 rings (SSSR count). The van der Waals surface area contributed by atoms with Crippen molar-refractivity contribution in [1.82, 2.24) is 4.98 Å². The minimum Gasteiger partial charge on any atom is -0.487 e. The van der Waals surface area contributed by atoms with Crippen LogP contribution in [0.5, 0.6) is 5.75 Å². The van der Waals surface area contributed by atoms with E-state index in [2.05, 4.69) is 10.3 Å². The normalized spacial score (nSPS) is 10.5. The Morgan fingerprint density at radius 3 is 2.63 bits per heavy atom. The highest BCUT2D eigenvalue weighted by Gasteiger charge is 2.06. The van der Waals surface area contributed by atoms with Crippen molar-refractivity contribution < 1.29 is 9.13 Å². The molecule has 3 nitrogen and oxygen atoms in total. The van der Waals surface area contributed by atoms with Gasteiger partial charge in [-0.05, 0) is 43.7 Å². The second-order valence-corrected chi connectivity index (χ2v) is 4.50. The lowest BCUT2D eigenvalue weighted by Gasteiger charge is -2.14. The number of pyridine rings is 1. The molecule has 1 N–H and O–H groups in total. The number of ether oxygens (including phenoxy) is 1. The Bertz CT molecular complexity index is 526. The third kappa shape index (κ3) is 3.95. The van der Waals surface area contributed by atoms with E-state index in [1.807, 2.05) is 26.0 Å². The average molecular weight is 260 g/mol. The van der Waals surface area contributed by atoms with Gasteiger partial charge in [0.15, 0.2) is 11.6 Å². The van der Waals surface area contributed by atoms with Crippen LogP contribution in [0.2, 0.25) is 0 Å². The zero-order valence-corrected chi connectivity index (χ0v) is 11.1. The van der Waals surface area contributed by atoms with Gasteiger partial charge < -0.3 is 10.1 Å². The van der Waals surface area contributed by atoms with Crippen molar-refractivity contribution in [2.24, 2.45) is 0 Å². The fourth-order valence-electron chi connectivity index (χ4n) is 1.66. The van der Waals surface area contributed by atoms with Crippen molar-refractivity contribution in [3.8, 4) is 5.75 Å². The van der Waals surface area contributed by atoms with Crippen LogP contribution in [0.15, 0.2) is 42.6 Å². The van der Waals surface area contributed by atoms with Crippen LogP contribution in [0.25, 0.3) is 0 Å². The first-order chi connectivity index (χ1) is 9.15. The Kier molecular flexibility index (Phi) is 4.34. The van der Waals surface area contributed by atoms with Gasteiger partial charge in [-0.1, -0.05) is 12.1 Å². The number of halogens is 1. The van der Waals surface area contributed by atoms with Crippen LogP contribution in [0.1, 0.15) is 19.4 Å². The van der Waals surface area contributed by atoms with Gasteiger partial charge in [-0.15, -0.1) is 0 Å². The molecule has 1 heterocycles. The molecule has 100 valence electrons. The first-order valence-electron chi connectivity index (χ1n) is 6.25. The molecule has 0 saturated heterocycles. The Hall–Kier alpha value is -2.10. The molecule has 0 fully saturated rings. The minimum absolute atomic E-state index is 0.0931. The molecule has 0 spiro atoms. The van der Waals surface area contributed by atoms with Crippen LogP contribution in [-0.2, 0) is 6.54 Å². The number of rotatable bonds is 5. The van der Waals surface area contributed by atoms with Crippen molar-refractivity contribution in [2.45, 2.75) is 26.5 Å². The summed E-state index contributed by atoms with van der Waals surface area (Å²) in [5.74, 6) is 1.19. The maximum absolute atomic E-state index is 12.8. The van der Waals surface area contributed by atoms with Crippen molar-refractivity contribution in [1.29, 1.82) is 0 Å². The van der Waals surface area contributed by atoms with Gasteiger partial charge in [-0.25, -0.2) is 9.37 Å². The number of anilines is 1. The maximum Gasteiger partial charge on any atom is 0.169 e. The minimum atomic E-state index is -0.231. The van der Waals surface area contributed by atoms with Crippen molar-refractivity contribution in [2.75, 3.05) is 5.32 Å². The van der Waals surface area contributed by atoms with Gasteiger partial charge in [0.2, 0.25) is 0 Å². The van der Waals surface area contributed by atoms with Crippen LogP contribution < -0.4 is 10.1 Å². The Morgan fingerprint density at radius 2 is 1.95 bits per heavy atom. The number of nitrogens with one attached hydrogen (secondary N) is 1. The molecule has 19 heavy (non-hydrogen) atoms. The average Bonchev–Trinajstić information content (AvgIpc) is 2.39. The zero-order chi connectivity index (χ0) is 13.7. The fraction of sp³-hybridized carbons (Fsp3) is 0.267. The standard InChI is InChI=1S/C15H17FN2O/c1-11(2)19-14-4-3-9-17-15(14)18-10-12-5-7-13(16)8-6-12/h3-9,11H,10H2,1-2H3,(H,17,18). The number of hydrogen-bond acceptors (Lipinski definition) is 3. The summed E-state index contributed by atoms with van der Waals surface area (Å²) < 4.78 is 18.5. The molecule has 0 aliphatic rings. The molecule has 0 unspecified atom stereocenters. The van der Waals surface area contributed by atoms with Crippen LogP contribution >= 0.6 is 0 Å². The topological polar surface area (TPSA) is 34.1 Å². The Morgan fingerprint density at radius 1 is 1.21 bits per heavy atom. The molecular formula is C15H17FN2O. The lowest BCUT2D eigenvalue weighted by molar-refractivity contribution is 0.243. The highest BCUT2D eigenvalue weighted by Crippen LogP contribution is 2.22. The van der Waals surface area contributed by atoms with Crippen LogP contribution in [0.3, 0.4) is 0 Å². The molecule has 0 aliphatic heterocycles. The molecule has 1 aromatic carbocycles. The number of aromatic nitrogens is 1. The van der Waals surface area contributed by atoms with E-state index in [-0.39, 0.29) is 11.9 Å². The highest BCUT2D eigenvalue weighted by molar-refractivity contribution is 5.49. The predicted molar refractivity (Wildman–Crippen MR) is 73.7 cm³/mol. The molecule has 0 aliphatic carbocycles. The van der Waals surface area contributed by atoms with Crippen molar-refractivity contribution in [3.63, 3.8) is 0 Å². The SMILES string of the molecule is CC(C)Oc1cccnc1NCc1ccc(F)cc1. The molecule has 1 aromatic heterocycles. The summed E-state index contributed by atoms with van der Waals surface area (Å²) in [5, 5.41) is 3.20. The van der Waals surface area contributed by atoms with Crippen molar-refractivity contribution in [3.05, 3.63) is 54.0 Å². The first-order valence-corrected chi connectivity index (χ1v) is 6.25. The quantitative estimate of drug-likeness (QED) is 0.891. The maximum atomic E-state index is 12.8. The highest BCUT2D eigenvalue weighted by atomic mass is 19.1. The number of benzene rings is 1. The molecule has 0 radical (unpaired) electrons. The second kappa shape index (κ2) is 6.18. The van der Waals surface area contributed by atoms with Gasteiger partial charge in [0.1, 0.15) is 5.82 Å². The van der Waals surface area contributed by atoms with E-state index in [0.717, 1.165) is 11.3 Å². The third-order valence-corrected chi connectivity index (χ3v) is 2.51. The molecule has 2 aromatic rings. The predicted octanol–water partition coefficient (Wildman–Crippen LogP) is 3.62. The molecule has 0 atom stereocenters. The largest absolute Gasteiger partial charge is 0.487 e. The summed E-state index contributed by atoms with van der Waals surface area (Å²) >= 11 is 0. The van der Waals surface area contributed by atoms with E-state index >= 15 is 0 Å². The first kappa shape index (κ1) is 13.3. The summed E-state index contributed by atoms with van der Waals surface area (Å²) in [6.45, 7) is 4.51.